The van der Waals surface area contributed by atoms with Gasteiger partial charge in [0.25, 0.3) is 0 Å². The number of aliphatic carboxylic acids is 1. The number of morpholine rings is 1. The van der Waals surface area contributed by atoms with Crippen LogP contribution in [-0.4, -0.2) is 58.6 Å². The van der Waals surface area contributed by atoms with Crippen LogP contribution in [0.2, 0.25) is 5.02 Å². The summed E-state index contributed by atoms with van der Waals surface area (Å²) in [5.74, 6) is -0.590. The predicted octanol–water partition coefficient (Wildman–Crippen LogP) is 4.37. The van der Waals surface area contributed by atoms with Crippen molar-refractivity contribution in [2.75, 3.05) is 36.5 Å². The minimum atomic E-state index is -1.03. The van der Waals surface area contributed by atoms with E-state index in [-0.39, 0.29) is 17.7 Å². The number of carboxylic acid groups (broad SMARTS) is 1. The van der Waals surface area contributed by atoms with E-state index in [0.717, 1.165) is 22.8 Å². The number of hydrogen-bond acceptors (Lipinski definition) is 7. The van der Waals surface area contributed by atoms with E-state index in [1.165, 1.54) is 18.2 Å². The molecule has 10 heteroatoms. The van der Waals surface area contributed by atoms with E-state index in [1.54, 1.807) is 12.3 Å². The predicted molar refractivity (Wildman–Crippen MR) is 132 cm³/mol. The molecule has 0 aliphatic carbocycles. The highest BCUT2D eigenvalue weighted by atomic mass is 35.5. The summed E-state index contributed by atoms with van der Waals surface area (Å²) < 4.78 is 19.3. The number of aliphatic hydroxyl groups is 1. The van der Waals surface area contributed by atoms with Crippen molar-refractivity contribution < 1.29 is 24.1 Å². The van der Waals surface area contributed by atoms with Crippen LogP contribution in [0, 0.1) is 5.82 Å². The van der Waals surface area contributed by atoms with Gasteiger partial charge in [0.15, 0.2) is 0 Å². The number of aromatic nitrogens is 2. The van der Waals surface area contributed by atoms with Crippen LogP contribution in [0.5, 0.6) is 0 Å². The minimum Gasteiger partial charge on any atom is -0.478 e. The number of halogens is 2. The molecule has 0 spiro atoms. The van der Waals surface area contributed by atoms with Gasteiger partial charge in [-0.15, -0.1) is 0 Å². The largest absolute Gasteiger partial charge is 0.478 e. The van der Waals surface area contributed by atoms with Crippen LogP contribution in [-0.2, 0) is 9.53 Å². The molecule has 4 rings (SSSR count). The van der Waals surface area contributed by atoms with Crippen molar-refractivity contribution >= 4 is 41.1 Å². The molecule has 1 unspecified atom stereocenters. The SMILES string of the molecule is O=C(O)C=Cc1cccc(-c2cnc(Nc3ccc(F)c(Cl)c3)nc2N2CCOC(CCO)C2)c1. The molecule has 1 aromatic heterocycles. The fraction of sp³-hybridized carbons (Fsp3) is 0.240. The third-order valence-corrected chi connectivity index (χ3v) is 5.74. The molecule has 1 aliphatic heterocycles. The number of benzene rings is 2. The molecule has 0 amide bonds. The van der Waals surface area contributed by atoms with Crippen LogP contribution in [0.1, 0.15) is 12.0 Å². The number of hydrogen-bond donors (Lipinski definition) is 3. The molecule has 8 nitrogen and oxygen atoms in total. The number of nitrogens with zero attached hydrogens (tertiary/aromatic N) is 3. The first-order valence-corrected chi connectivity index (χ1v) is 11.4. The highest BCUT2D eigenvalue weighted by Gasteiger charge is 2.24. The van der Waals surface area contributed by atoms with Crippen LogP contribution in [0.3, 0.4) is 0 Å². The number of nitrogens with one attached hydrogen (secondary N) is 1. The maximum absolute atomic E-state index is 13.6. The van der Waals surface area contributed by atoms with E-state index < -0.39 is 11.8 Å². The monoisotopic (exact) mass is 498 g/mol. The summed E-state index contributed by atoms with van der Waals surface area (Å²) in [7, 11) is 0. The lowest BCUT2D eigenvalue weighted by Crippen LogP contribution is -2.43. The highest BCUT2D eigenvalue weighted by Crippen LogP contribution is 2.32. The zero-order valence-electron chi connectivity index (χ0n) is 18.7. The van der Waals surface area contributed by atoms with Gasteiger partial charge in [0.05, 0.1) is 17.7 Å². The molecule has 1 atom stereocenters. The Kier molecular flexibility index (Phi) is 7.91. The van der Waals surface area contributed by atoms with Gasteiger partial charge in [0, 0.05) is 43.2 Å². The van der Waals surface area contributed by atoms with E-state index >= 15 is 0 Å². The number of carbonyl (C=O) groups is 1. The third kappa shape index (κ3) is 6.33. The van der Waals surface area contributed by atoms with Gasteiger partial charge < -0.3 is 25.2 Å². The zero-order valence-corrected chi connectivity index (χ0v) is 19.5. The van der Waals surface area contributed by atoms with E-state index in [0.29, 0.717) is 43.6 Å². The van der Waals surface area contributed by atoms with E-state index in [4.69, 9.17) is 26.4 Å². The lowest BCUT2D eigenvalue weighted by atomic mass is 10.0. The van der Waals surface area contributed by atoms with Crippen molar-refractivity contribution in [2.45, 2.75) is 12.5 Å². The Bertz CT molecular complexity index is 1240. The second-order valence-electron chi connectivity index (χ2n) is 7.93. The molecule has 0 saturated carbocycles. The van der Waals surface area contributed by atoms with E-state index in [1.807, 2.05) is 24.3 Å². The van der Waals surface area contributed by atoms with Crippen molar-refractivity contribution in [3.05, 3.63) is 71.1 Å². The first-order chi connectivity index (χ1) is 16.9. The normalized spacial score (nSPS) is 16.0. The molecule has 1 fully saturated rings. The van der Waals surface area contributed by atoms with Gasteiger partial charge in [-0.2, -0.15) is 4.98 Å². The number of aliphatic hydroxyl groups excluding tert-OH is 1. The summed E-state index contributed by atoms with van der Waals surface area (Å²) in [5, 5.41) is 21.4. The van der Waals surface area contributed by atoms with Gasteiger partial charge in [-0.3, -0.25) is 0 Å². The fourth-order valence-corrected chi connectivity index (χ4v) is 3.97. The topological polar surface area (TPSA) is 108 Å². The lowest BCUT2D eigenvalue weighted by Gasteiger charge is -2.34. The number of rotatable bonds is 8. The zero-order chi connectivity index (χ0) is 24.8. The number of ether oxygens (including phenoxy) is 1. The smallest absolute Gasteiger partial charge is 0.328 e. The molecule has 3 aromatic rings. The van der Waals surface area contributed by atoms with Gasteiger partial charge in [0.2, 0.25) is 5.95 Å². The number of anilines is 3. The molecule has 1 aliphatic rings. The first-order valence-electron chi connectivity index (χ1n) is 11.0. The molecule has 35 heavy (non-hydrogen) atoms. The Morgan fingerprint density at radius 2 is 2.17 bits per heavy atom. The first kappa shape index (κ1) is 24.6. The Morgan fingerprint density at radius 3 is 2.94 bits per heavy atom. The molecular weight excluding hydrogens is 475 g/mol. The second-order valence-corrected chi connectivity index (χ2v) is 8.34. The van der Waals surface area contributed by atoms with E-state index in [2.05, 4.69) is 15.2 Å². The molecule has 182 valence electrons. The third-order valence-electron chi connectivity index (χ3n) is 5.45. The average molecular weight is 499 g/mol. The molecular formula is C25H24ClFN4O4. The maximum Gasteiger partial charge on any atom is 0.328 e. The molecule has 2 heterocycles. The molecule has 0 radical (unpaired) electrons. The Balaban J connectivity index is 1.72. The van der Waals surface area contributed by atoms with Crippen LogP contribution in [0.15, 0.2) is 54.7 Å². The van der Waals surface area contributed by atoms with Crippen LogP contribution >= 0.6 is 11.6 Å². The second kappa shape index (κ2) is 11.3. The van der Waals surface area contributed by atoms with Crippen LogP contribution in [0.25, 0.3) is 17.2 Å². The summed E-state index contributed by atoms with van der Waals surface area (Å²) in [4.78, 5) is 22.2. The molecule has 2 aromatic carbocycles. The lowest BCUT2D eigenvalue weighted by molar-refractivity contribution is -0.131. The van der Waals surface area contributed by atoms with Gasteiger partial charge in [-0.05, 0) is 47.9 Å². The van der Waals surface area contributed by atoms with Crippen molar-refractivity contribution in [1.82, 2.24) is 9.97 Å². The van der Waals surface area contributed by atoms with Crippen LogP contribution < -0.4 is 10.2 Å². The summed E-state index contributed by atoms with van der Waals surface area (Å²) >= 11 is 5.90. The maximum atomic E-state index is 13.6. The van der Waals surface area contributed by atoms with Crippen molar-refractivity contribution in [3.8, 4) is 11.1 Å². The van der Waals surface area contributed by atoms with Gasteiger partial charge in [-0.25, -0.2) is 14.2 Å². The Morgan fingerprint density at radius 1 is 1.31 bits per heavy atom. The Hall–Kier alpha value is -3.53. The molecule has 0 bridgehead atoms. The van der Waals surface area contributed by atoms with Crippen molar-refractivity contribution in [2.24, 2.45) is 0 Å². The fourth-order valence-electron chi connectivity index (χ4n) is 3.79. The summed E-state index contributed by atoms with van der Waals surface area (Å²) in [6.07, 6.45) is 4.65. The van der Waals surface area contributed by atoms with Crippen molar-refractivity contribution in [1.29, 1.82) is 0 Å². The van der Waals surface area contributed by atoms with Crippen LogP contribution in [0.4, 0.5) is 21.8 Å². The summed E-state index contributed by atoms with van der Waals surface area (Å²) in [6, 6.07) is 11.7. The standard InChI is InChI=1S/C25H24ClFN4O4/c26-21-13-18(5-6-22(21)27)29-25-28-14-20(17-3-1-2-16(12-17)4-7-23(33)34)24(30-25)31-9-11-35-19(15-31)8-10-32/h1-7,12-14,19,32H,8-11,15H2,(H,33,34)(H,28,29,30). The van der Waals surface area contributed by atoms with Crippen molar-refractivity contribution in [3.63, 3.8) is 0 Å². The molecule has 1 saturated heterocycles. The molecule has 3 N–H and O–H groups in total. The summed E-state index contributed by atoms with van der Waals surface area (Å²) in [5.41, 5.74) is 2.83. The minimum absolute atomic E-state index is 0.0156. The summed E-state index contributed by atoms with van der Waals surface area (Å²) in [6.45, 7) is 1.62. The van der Waals surface area contributed by atoms with E-state index in [9.17, 15) is 14.3 Å². The van der Waals surface area contributed by atoms with Gasteiger partial charge in [0.1, 0.15) is 11.6 Å². The van der Waals surface area contributed by atoms with Gasteiger partial charge in [-0.1, -0.05) is 29.8 Å². The number of carboxylic acids is 1. The van der Waals surface area contributed by atoms with Gasteiger partial charge >= 0.3 is 5.97 Å². The average Bonchev–Trinajstić information content (AvgIpc) is 2.85. The highest BCUT2D eigenvalue weighted by molar-refractivity contribution is 6.31. The Labute approximate surface area is 206 Å². The quantitative estimate of drug-likeness (QED) is 0.393.